The number of aliphatic hydroxyl groups is 1. The van der Waals surface area contributed by atoms with Crippen molar-refractivity contribution in [1.29, 1.82) is 0 Å². The van der Waals surface area contributed by atoms with E-state index in [1.807, 2.05) is 28.8 Å². The molecule has 0 aliphatic rings. The number of para-hydroxylation sites is 2. The Labute approximate surface area is 145 Å². The first kappa shape index (κ1) is 15.1. The molecule has 0 saturated heterocycles. The molecule has 8 heteroatoms. The summed E-state index contributed by atoms with van der Waals surface area (Å²) in [5.74, 6) is 1.75. The summed E-state index contributed by atoms with van der Waals surface area (Å²) < 4.78 is 13.5. The summed E-state index contributed by atoms with van der Waals surface area (Å²) >= 11 is 3.24. The number of hydrogen-bond acceptors (Lipinski definition) is 6. The molecule has 0 amide bonds. The largest absolute Gasteiger partial charge is 0.444 e. The molecule has 0 bridgehead atoms. The molecule has 0 aliphatic carbocycles. The van der Waals surface area contributed by atoms with Crippen LogP contribution in [0.2, 0.25) is 0 Å². The second-order valence-corrected chi connectivity index (χ2v) is 6.11. The fraction of sp³-hybridized carbons (Fsp3) is 0.188. The lowest BCUT2D eigenvalue weighted by Gasteiger charge is -2.08. The minimum absolute atomic E-state index is 0.304. The Kier molecular flexibility index (Phi) is 3.70. The fourth-order valence-corrected chi connectivity index (χ4v) is 2.87. The van der Waals surface area contributed by atoms with Gasteiger partial charge in [0.05, 0.1) is 11.0 Å². The summed E-state index contributed by atoms with van der Waals surface area (Å²) in [6.07, 6.45) is -0.708. The Hall–Kier alpha value is -2.45. The summed E-state index contributed by atoms with van der Waals surface area (Å²) in [6, 6.07) is 11.2. The van der Waals surface area contributed by atoms with E-state index in [2.05, 4.69) is 31.1 Å². The summed E-state index contributed by atoms with van der Waals surface area (Å²) in [5, 5.41) is 18.1. The third kappa shape index (κ3) is 2.63. The predicted molar refractivity (Wildman–Crippen MR) is 89.2 cm³/mol. The van der Waals surface area contributed by atoms with Crippen molar-refractivity contribution < 1.29 is 13.9 Å². The molecule has 1 atom stereocenters. The van der Waals surface area contributed by atoms with Crippen LogP contribution in [0.1, 0.15) is 24.7 Å². The maximum atomic E-state index is 10.00. The quantitative estimate of drug-likeness (QED) is 0.574. The number of halogens is 1. The molecule has 0 saturated carbocycles. The molecule has 4 aromatic rings. The summed E-state index contributed by atoms with van der Waals surface area (Å²) in [4.78, 5) is 4.48. The zero-order valence-electron chi connectivity index (χ0n) is 12.7. The zero-order chi connectivity index (χ0) is 16.7. The Morgan fingerprint density at radius 2 is 2.00 bits per heavy atom. The van der Waals surface area contributed by atoms with E-state index in [1.165, 1.54) is 0 Å². The SMILES string of the molecule is CC(O)c1nc2ccccc2n1Cc1nnc(-c2ccc(Br)o2)o1. The second kappa shape index (κ2) is 5.88. The van der Waals surface area contributed by atoms with E-state index in [1.54, 1.807) is 19.1 Å². The lowest BCUT2D eigenvalue weighted by molar-refractivity contribution is 0.184. The van der Waals surface area contributed by atoms with E-state index in [0.29, 0.717) is 34.6 Å². The van der Waals surface area contributed by atoms with Crippen molar-refractivity contribution in [3.8, 4) is 11.7 Å². The molecule has 7 nitrogen and oxygen atoms in total. The van der Waals surface area contributed by atoms with Gasteiger partial charge in [-0.05, 0) is 47.1 Å². The molecule has 122 valence electrons. The number of aliphatic hydroxyl groups excluding tert-OH is 1. The molecule has 0 radical (unpaired) electrons. The van der Waals surface area contributed by atoms with Gasteiger partial charge in [0.2, 0.25) is 5.89 Å². The number of hydrogen-bond donors (Lipinski definition) is 1. The Balaban J connectivity index is 1.72. The van der Waals surface area contributed by atoms with Crippen LogP contribution in [0, 0.1) is 0 Å². The van der Waals surface area contributed by atoms with Crippen LogP contribution in [0.3, 0.4) is 0 Å². The average molecular weight is 389 g/mol. The summed E-state index contributed by atoms with van der Waals surface area (Å²) in [5.41, 5.74) is 1.71. The van der Waals surface area contributed by atoms with Crippen LogP contribution in [-0.2, 0) is 6.54 Å². The molecule has 1 unspecified atom stereocenters. The highest BCUT2D eigenvalue weighted by atomic mass is 79.9. The van der Waals surface area contributed by atoms with E-state index >= 15 is 0 Å². The number of nitrogens with zero attached hydrogens (tertiary/aromatic N) is 4. The van der Waals surface area contributed by atoms with Crippen LogP contribution in [0.4, 0.5) is 0 Å². The molecule has 1 N–H and O–H groups in total. The molecular weight excluding hydrogens is 376 g/mol. The van der Waals surface area contributed by atoms with Gasteiger partial charge in [-0.25, -0.2) is 4.98 Å². The molecule has 3 heterocycles. The number of benzene rings is 1. The maximum Gasteiger partial charge on any atom is 0.283 e. The predicted octanol–water partition coefficient (Wildman–Crippen LogP) is 3.54. The molecule has 0 aliphatic heterocycles. The Morgan fingerprint density at radius 1 is 1.17 bits per heavy atom. The van der Waals surface area contributed by atoms with Gasteiger partial charge >= 0.3 is 0 Å². The Bertz CT molecular complexity index is 1000. The van der Waals surface area contributed by atoms with Crippen LogP contribution in [-0.4, -0.2) is 24.9 Å². The van der Waals surface area contributed by atoms with Gasteiger partial charge in [0.1, 0.15) is 18.5 Å². The van der Waals surface area contributed by atoms with Gasteiger partial charge in [0.25, 0.3) is 5.89 Å². The molecular formula is C16H13BrN4O3. The van der Waals surface area contributed by atoms with Crippen LogP contribution in [0.15, 0.2) is 49.9 Å². The van der Waals surface area contributed by atoms with Gasteiger partial charge in [0, 0.05) is 0 Å². The summed E-state index contributed by atoms with van der Waals surface area (Å²) in [6.45, 7) is 1.99. The third-order valence-electron chi connectivity index (χ3n) is 3.60. The first-order valence-electron chi connectivity index (χ1n) is 7.33. The van der Waals surface area contributed by atoms with Crippen molar-refractivity contribution in [1.82, 2.24) is 19.7 Å². The van der Waals surface area contributed by atoms with Crippen molar-refractivity contribution >= 4 is 27.0 Å². The lowest BCUT2D eigenvalue weighted by atomic mass is 10.3. The number of fused-ring (bicyclic) bond motifs is 1. The molecule has 3 aromatic heterocycles. The van der Waals surface area contributed by atoms with E-state index in [4.69, 9.17) is 8.83 Å². The highest BCUT2D eigenvalue weighted by molar-refractivity contribution is 9.10. The van der Waals surface area contributed by atoms with Gasteiger partial charge < -0.3 is 18.5 Å². The van der Waals surface area contributed by atoms with Gasteiger partial charge in [-0.2, -0.15) is 0 Å². The monoisotopic (exact) mass is 388 g/mol. The Morgan fingerprint density at radius 3 is 2.75 bits per heavy atom. The smallest absolute Gasteiger partial charge is 0.283 e. The van der Waals surface area contributed by atoms with Crippen molar-refractivity contribution in [2.75, 3.05) is 0 Å². The lowest BCUT2D eigenvalue weighted by Crippen LogP contribution is -2.08. The molecule has 1 aromatic carbocycles. The fourth-order valence-electron chi connectivity index (χ4n) is 2.56. The van der Waals surface area contributed by atoms with Crippen molar-refractivity contribution in [2.45, 2.75) is 19.6 Å². The minimum Gasteiger partial charge on any atom is -0.444 e. The third-order valence-corrected chi connectivity index (χ3v) is 4.03. The highest BCUT2D eigenvalue weighted by Crippen LogP contribution is 2.25. The second-order valence-electron chi connectivity index (χ2n) is 5.33. The first-order chi connectivity index (χ1) is 11.6. The standard InChI is InChI=1S/C16H13BrN4O3/c1-9(22)15-18-10-4-2-3-5-11(10)21(15)8-14-19-20-16(24-14)12-6-7-13(17)23-12/h2-7,9,22H,8H2,1H3. The summed E-state index contributed by atoms with van der Waals surface area (Å²) in [7, 11) is 0. The maximum absolute atomic E-state index is 10.00. The van der Waals surface area contributed by atoms with Crippen LogP contribution in [0.5, 0.6) is 0 Å². The van der Waals surface area contributed by atoms with Gasteiger partial charge in [-0.15, -0.1) is 10.2 Å². The van der Waals surface area contributed by atoms with Crippen molar-refractivity contribution in [3.63, 3.8) is 0 Å². The number of aromatic nitrogens is 4. The van der Waals surface area contributed by atoms with E-state index in [-0.39, 0.29) is 0 Å². The molecule has 24 heavy (non-hydrogen) atoms. The van der Waals surface area contributed by atoms with Gasteiger partial charge in [-0.1, -0.05) is 12.1 Å². The highest BCUT2D eigenvalue weighted by Gasteiger charge is 2.18. The normalized spacial score (nSPS) is 12.8. The van der Waals surface area contributed by atoms with E-state index in [0.717, 1.165) is 11.0 Å². The number of imidazole rings is 1. The van der Waals surface area contributed by atoms with E-state index in [9.17, 15) is 5.11 Å². The van der Waals surface area contributed by atoms with Crippen molar-refractivity contribution in [2.24, 2.45) is 0 Å². The average Bonchev–Trinajstić information content (AvgIpc) is 3.27. The van der Waals surface area contributed by atoms with Gasteiger partial charge in [0.15, 0.2) is 10.4 Å². The van der Waals surface area contributed by atoms with Crippen LogP contribution in [0.25, 0.3) is 22.7 Å². The van der Waals surface area contributed by atoms with Crippen LogP contribution < -0.4 is 0 Å². The molecule has 4 rings (SSSR count). The molecule has 0 spiro atoms. The zero-order valence-corrected chi connectivity index (χ0v) is 14.3. The number of furan rings is 1. The number of rotatable bonds is 4. The first-order valence-corrected chi connectivity index (χ1v) is 8.12. The van der Waals surface area contributed by atoms with E-state index < -0.39 is 6.10 Å². The molecule has 0 fully saturated rings. The van der Waals surface area contributed by atoms with Crippen LogP contribution >= 0.6 is 15.9 Å². The van der Waals surface area contributed by atoms with Crippen molar-refractivity contribution in [3.05, 3.63) is 52.8 Å². The topological polar surface area (TPSA) is 90.1 Å². The van der Waals surface area contributed by atoms with Gasteiger partial charge in [-0.3, -0.25) is 0 Å². The minimum atomic E-state index is -0.708.